The smallest absolute Gasteiger partial charge is 0.338 e. The Morgan fingerprint density at radius 2 is 1.38 bits per heavy atom. The van der Waals surface area contributed by atoms with Crippen molar-refractivity contribution in [1.29, 1.82) is 0 Å². The normalized spacial score (nSPS) is 29.5. The summed E-state index contributed by atoms with van der Waals surface area (Å²) in [7, 11) is 0. The van der Waals surface area contributed by atoms with Gasteiger partial charge < -0.3 is 60.2 Å². The Hall–Kier alpha value is -3.47. The number of carbonyl (C=O) groups excluding carboxylic acids is 2. The largest absolute Gasteiger partial charge is 0.506 e. The molecule has 0 aromatic heterocycles. The number of aliphatic carboxylic acids is 1. The van der Waals surface area contributed by atoms with Crippen LogP contribution in [0.1, 0.15) is 41.0 Å². The standard InChI is InChI=1S/C19H26O8.C6H8O7/c1-8(2)6-10-9(3)12(20)11(7-19(10,4)5)26-18(25)15(23)16-13(21)14(22)17(24)27-16;7-1-2(8)6(12)13-4(1)3(9)5(10)11/h6,11,15-17,21-24H,7H2,1-5H3;3-4,6-9,12H,(H,10,11)/t11?,15-,16+,17?;3-,4+,6?/m11/s1. The molecule has 15 nitrogen and oxygen atoms in total. The van der Waals surface area contributed by atoms with Crippen LogP contribution in [0.15, 0.2) is 45.8 Å². The second kappa shape index (κ2) is 12.4. The van der Waals surface area contributed by atoms with Crippen LogP contribution in [0.2, 0.25) is 0 Å². The third kappa shape index (κ3) is 6.80. The molecule has 0 spiro atoms. The zero-order valence-electron chi connectivity index (χ0n) is 22.3. The molecule has 7 atom stereocenters. The van der Waals surface area contributed by atoms with Gasteiger partial charge in [-0.25, -0.2) is 9.59 Å². The van der Waals surface area contributed by atoms with Gasteiger partial charge in [0.2, 0.25) is 12.6 Å². The highest BCUT2D eigenvalue weighted by atomic mass is 16.7. The molecule has 0 saturated heterocycles. The van der Waals surface area contributed by atoms with Crippen molar-refractivity contribution in [2.45, 2.75) is 84.1 Å². The van der Waals surface area contributed by atoms with Crippen molar-refractivity contribution in [2.75, 3.05) is 0 Å². The number of hydrogen-bond acceptors (Lipinski definition) is 14. The molecule has 3 aliphatic rings. The molecule has 15 heteroatoms. The van der Waals surface area contributed by atoms with E-state index in [2.05, 4.69) is 4.74 Å². The highest BCUT2D eigenvalue weighted by Gasteiger charge is 2.45. The Labute approximate surface area is 228 Å². The van der Waals surface area contributed by atoms with Gasteiger partial charge in [0.15, 0.2) is 59.3 Å². The molecule has 0 amide bonds. The summed E-state index contributed by atoms with van der Waals surface area (Å²) in [6.45, 7) is 9.37. The van der Waals surface area contributed by atoms with Crippen molar-refractivity contribution in [3.63, 3.8) is 0 Å². The van der Waals surface area contributed by atoms with Crippen LogP contribution in [0.3, 0.4) is 0 Å². The van der Waals surface area contributed by atoms with Gasteiger partial charge in [-0.2, -0.15) is 0 Å². The van der Waals surface area contributed by atoms with Gasteiger partial charge in [-0.15, -0.1) is 0 Å². The Kier molecular flexibility index (Phi) is 10.1. The van der Waals surface area contributed by atoms with Crippen molar-refractivity contribution in [2.24, 2.45) is 5.41 Å². The second-order valence-corrected chi connectivity index (χ2v) is 10.2. The second-order valence-electron chi connectivity index (χ2n) is 10.2. The van der Waals surface area contributed by atoms with Gasteiger partial charge in [-0.3, -0.25) is 4.79 Å². The summed E-state index contributed by atoms with van der Waals surface area (Å²) in [4.78, 5) is 35.1. The molecule has 0 aromatic rings. The molecule has 40 heavy (non-hydrogen) atoms. The summed E-state index contributed by atoms with van der Waals surface area (Å²) in [5.41, 5.74) is 1.95. The molecule has 9 N–H and O–H groups in total. The van der Waals surface area contributed by atoms with Crippen LogP contribution >= 0.6 is 0 Å². The number of carboxylic acids is 1. The van der Waals surface area contributed by atoms with E-state index < -0.39 is 83.5 Å². The number of carboxylic acid groups (broad SMARTS) is 1. The number of hydrogen-bond donors (Lipinski definition) is 9. The molecule has 2 heterocycles. The van der Waals surface area contributed by atoms with Gasteiger partial charge >= 0.3 is 11.9 Å². The first-order valence-electron chi connectivity index (χ1n) is 11.9. The molecular weight excluding hydrogens is 540 g/mol. The number of aliphatic hydroxyl groups excluding tert-OH is 8. The van der Waals surface area contributed by atoms with Gasteiger partial charge in [0.1, 0.15) is 0 Å². The molecule has 0 aromatic carbocycles. The van der Waals surface area contributed by atoms with Crippen molar-refractivity contribution in [3.05, 3.63) is 45.8 Å². The van der Waals surface area contributed by atoms with Crippen LogP contribution in [0.4, 0.5) is 0 Å². The number of rotatable bonds is 6. The summed E-state index contributed by atoms with van der Waals surface area (Å²) in [6, 6.07) is 0. The SMILES string of the molecule is CC(C)=CC1=C(C)C(=O)C(OC(=O)[C@H](O)[C@H]2OC(O)C(O)=C2O)CC1(C)C.O=C(O)[C@H](O)[C@H]1OC(O)C(O)=C1O. The van der Waals surface area contributed by atoms with Crippen LogP contribution in [-0.4, -0.2) is 107 Å². The van der Waals surface area contributed by atoms with E-state index in [1.165, 1.54) is 0 Å². The average molecular weight is 575 g/mol. The van der Waals surface area contributed by atoms with Gasteiger partial charge in [0, 0.05) is 6.42 Å². The zero-order chi connectivity index (χ0) is 30.9. The minimum atomic E-state index is -2.03. The Balaban J connectivity index is 0.000000360. The van der Waals surface area contributed by atoms with E-state index in [0.717, 1.165) is 11.1 Å². The number of ketones is 1. The molecule has 0 radical (unpaired) electrons. The number of aliphatic hydroxyl groups is 8. The van der Waals surface area contributed by atoms with Gasteiger partial charge in [-0.05, 0) is 37.3 Å². The third-order valence-corrected chi connectivity index (χ3v) is 6.33. The van der Waals surface area contributed by atoms with Gasteiger partial charge in [0.05, 0.1) is 0 Å². The minimum absolute atomic E-state index is 0.224. The monoisotopic (exact) mass is 574 g/mol. The summed E-state index contributed by atoms with van der Waals surface area (Å²) in [5.74, 6) is -6.68. The quantitative estimate of drug-likeness (QED) is 0.190. The summed E-state index contributed by atoms with van der Waals surface area (Å²) in [5, 5.41) is 82.1. The summed E-state index contributed by atoms with van der Waals surface area (Å²) < 4.78 is 14.3. The lowest BCUT2D eigenvalue weighted by atomic mass is 9.70. The minimum Gasteiger partial charge on any atom is -0.506 e. The molecule has 0 fully saturated rings. The summed E-state index contributed by atoms with van der Waals surface area (Å²) in [6.07, 6.45) is -9.92. The Morgan fingerprint density at radius 1 is 0.925 bits per heavy atom. The highest BCUT2D eigenvalue weighted by Crippen LogP contribution is 2.41. The van der Waals surface area contributed by atoms with E-state index in [4.69, 9.17) is 35.0 Å². The fourth-order valence-corrected chi connectivity index (χ4v) is 4.23. The highest BCUT2D eigenvalue weighted by molar-refractivity contribution is 6.01. The van der Waals surface area contributed by atoms with Crippen molar-refractivity contribution in [1.82, 2.24) is 0 Å². The maximum atomic E-state index is 12.6. The van der Waals surface area contributed by atoms with Gasteiger partial charge in [0.25, 0.3) is 0 Å². The Bertz CT molecular complexity index is 1160. The van der Waals surface area contributed by atoms with E-state index in [-0.39, 0.29) is 12.2 Å². The molecule has 2 aliphatic heterocycles. The van der Waals surface area contributed by atoms with Crippen molar-refractivity contribution in [3.8, 4) is 0 Å². The number of Topliss-reactive ketones (excluding diaryl/α,β-unsaturated/α-hetero) is 1. The molecule has 1 aliphatic carbocycles. The number of carbonyl (C=O) groups is 3. The molecule has 3 rings (SSSR count). The first-order chi connectivity index (χ1) is 18.3. The lowest BCUT2D eigenvalue weighted by Crippen LogP contribution is -2.44. The first kappa shape index (κ1) is 32.7. The maximum Gasteiger partial charge on any atom is 0.338 e. The fraction of sp³-hybridized carbons (Fsp3) is 0.560. The molecule has 0 bridgehead atoms. The van der Waals surface area contributed by atoms with E-state index in [1.54, 1.807) is 6.92 Å². The zero-order valence-corrected chi connectivity index (χ0v) is 22.3. The van der Waals surface area contributed by atoms with Crippen molar-refractivity contribution >= 4 is 17.7 Å². The molecule has 224 valence electrons. The van der Waals surface area contributed by atoms with Gasteiger partial charge in [-0.1, -0.05) is 25.5 Å². The molecular formula is C25H34O15. The number of allylic oxidation sites excluding steroid dienone is 3. The van der Waals surface area contributed by atoms with Crippen LogP contribution in [0.25, 0.3) is 0 Å². The van der Waals surface area contributed by atoms with Crippen LogP contribution in [-0.2, 0) is 28.6 Å². The number of ether oxygens (including phenoxy) is 3. The number of esters is 1. The lowest BCUT2D eigenvalue weighted by Gasteiger charge is -2.36. The maximum absolute atomic E-state index is 12.6. The fourth-order valence-electron chi connectivity index (χ4n) is 4.23. The molecule has 3 unspecified atom stereocenters. The summed E-state index contributed by atoms with van der Waals surface area (Å²) >= 11 is 0. The third-order valence-electron chi connectivity index (χ3n) is 6.33. The Morgan fingerprint density at radius 3 is 1.75 bits per heavy atom. The van der Waals surface area contributed by atoms with Crippen LogP contribution in [0, 0.1) is 5.41 Å². The van der Waals surface area contributed by atoms with Crippen molar-refractivity contribution < 1.29 is 74.6 Å². The van der Waals surface area contributed by atoms with E-state index in [0.29, 0.717) is 5.57 Å². The predicted molar refractivity (Wildman–Crippen MR) is 131 cm³/mol. The van der Waals surface area contributed by atoms with Crippen LogP contribution in [0.5, 0.6) is 0 Å². The van der Waals surface area contributed by atoms with E-state index in [9.17, 15) is 34.8 Å². The average Bonchev–Trinajstić information content (AvgIpc) is 3.28. The van der Waals surface area contributed by atoms with E-state index >= 15 is 0 Å². The van der Waals surface area contributed by atoms with E-state index in [1.807, 2.05) is 33.8 Å². The van der Waals surface area contributed by atoms with Crippen LogP contribution < -0.4 is 0 Å². The predicted octanol–water partition coefficient (Wildman–Crippen LogP) is 0.0623. The first-order valence-corrected chi connectivity index (χ1v) is 11.9. The molecule has 0 saturated carbocycles. The lowest BCUT2D eigenvalue weighted by molar-refractivity contribution is -0.178. The topological polar surface area (TPSA) is 261 Å².